The number of esters is 1. The monoisotopic (exact) mass is 420 g/mol. The number of hydrogen-bond acceptors (Lipinski definition) is 5. The maximum Gasteiger partial charge on any atom is 0.408 e. The van der Waals surface area contributed by atoms with Gasteiger partial charge in [-0.25, -0.2) is 9.59 Å². The van der Waals surface area contributed by atoms with Gasteiger partial charge in [0.25, 0.3) is 0 Å². The minimum Gasteiger partial charge on any atom is -0.459 e. The number of amides is 2. The number of rotatable bonds is 7. The molecule has 0 aliphatic carbocycles. The van der Waals surface area contributed by atoms with Crippen molar-refractivity contribution in [2.24, 2.45) is 11.3 Å². The summed E-state index contributed by atoms with van der Waals surface area (Å²) in [6, 6.07) is 7.59. The van der Waals surface area contributed by atoms with Crippen LogP contribution >= 0.6 is 0 Å². The van der Waals surface area contributed by atoms with Crippen LogP contribution in [0.2, 0.25) is 0 Å². The van der Waals surface area contributed by atoms with Crippen molar-refractivity contribution >= 4 is 18.0 Å². The van der Waals surface area contributed by atoms with Crippen LogP contribution < -0.4 is 10.6 Å². The van der Waals surface area contributed by atoms with Crippen LogP contribution in [-0.4, -0.2) is 35.7 Å². The average Bonchev–Trinajstić information content (AvgIpc) is 2.60. The molecule has 1 rings (SSSR count). The van der Waals surface area contributed by atoms with E-state index in [-0.39, 0.29) is 12.5 Å². The zero-order valence-corrected chi connectivity index (χ0v) is 19.4. The van der Waals surface area contributed by atoms with Gasteiger partial charge in [-0.05, 0) is 37.7 Å². The van der Waals surface area contributed by atoms with Gasteiger partial charge in [-0.1, -0.05) is 65.0 Å². The summed E-state index contributed by atoms with van der Waals surface area (Å²) in [5.74, 6) is -1.20. The summed E-state index contributed by atoms with van der Waals surface area (Å²) >= 11 is 0. The van der Waals surface area contributed by atoms with Crippen LogP contribution in [0.15, 0.2) is 30.3 Å². The third-order valence-corrected chi connectivity index (χ3v) is 4.23. The Kier molecular flexibility index (Phi) is 8.88. The van der Waals surface area contributed by atoms with E-state index in [1.807, 2.05) is 51.1 Å². The molecule has 1 aromatic rings. The van der Waals surface area contributed by atoms with Crippen molar-refractivity contribution in [3.8, 4) is 0 Å². The molecule has 168 valence electrons. The number of alkyl carbamates (subject to hydrolysis) is 1. The smallest absolute Gasteiger partial charge is 0.408 e. The average molecular weight is 421 g/mol. The third kappa shape index (κ3) is 8.84. The lowest BCUT2D eigenvalue weighted by atomic mass is 9.86. The summed E-state index contributed by atoms with van der Waals surface area (Å²) in [5, 5.41) is 5.36. The van der Waals surface area contributed by atoms with Crippen molar-refractivity contribution in [3.05, 3.63) is 35.9 Å². The SMILES string of the molecule is CC(C)[C@H](NC(=O)OC(C)(C)C)C(=O)N[C@H](C(=O)OCc1ccccc1)C(C)(C)C. The lowest BCUT2D eigenvalue weighted by Crippen LogP contribution is -2.57. The molecule has 0 spiro atoms. The summed E-state index contributed by atoms with van der Waals surface area (Å²) in [6.45, 7) is 14.5. The van der Waals surface area contributed by atoms with E-state index in [4.69, 9.17) is 9.47 Å². The molecule has 0 saturated carbocycles. The van der Waals surface area contributed by atoms with E-state index in [9.17, 15) is 14.4 Å². The largest absolute Gasteiger partial charge is 0.459 e. The second kappa shape index (κ2) is 10.5. The fourth-order valence-corrected chi connectivity index (χ4v) is 2.64. The first-order valence-electron chi connectivity index (χ1n) is 10.2. The summed E-state index contributed by atoms with van der Waals surface area (Å²) in [5.41, 5.74) is -0.412. The van der Waals surface area contributed by atoms with E-state index in [0.29, 0.717) is 0 Å². The van der Waals surface area contributed by atoms with Gasteiger partial charge in [0.1, 0.15) is 24.3 Å². The van der Waals surface area contributed by atoms with E-state index in [0.717, 1.165) is 5.56 Å². The van der Waals surface area contributed by atoms with Crippen molar-refractivity contribution in [2.45, 2.75) is 79.7 Å². The van der Waals surface area contributed by atoms with Crippen molar-refractivity contribution < 1.29 is 23.9 Å². The van der Waals surface area contributed by atoms with Crippen molar-refractivity contribution in [1.82, 2.24) is 10.6 Å². The first-order valence-corrected chi connectivity index (χ1v) is 10.2. The van der Waals surface area contributed by atoms with Gasteiger partial charge in [0.15, 0.2) is 0 Å². The molecule has 2 atom stereocenters. The Bertz CT molecular complexity index is 717. The molecule has 0 aromatic heterocycles. The highest BCUT2D eigenvalue weighted by Gasteiger charge is 2.37. The fourth-order valence-electron chi connectivity index (χ4n) is 2.64. The molecule has 0 aliphatic heterocycles. The Morgan fingerprint density at radius 2 is 1.50 bits per heavy atom. The molecular weight excluding hydrogens is 384 g/mol. The molecule has 7 nitrogen and oxygen atoms in total. The van der Waals surface area contributed by atoms with Gasteiger partial charge >= 0.3 is 12.1 Å². The Balaban J connectivity index is 2.86. The Morgan fingerprint density at radius 1 is 0.933 bits per heavy atom. The van der Waals surface area contributed by atoms with Crippen LogP contribution in [0.25, 0.3) is 0 Å². The van der Waals surface area contributed by atoms with E-state index in [2.05, 4.69) is 10.6 Å². The molecule has 0 fully saturated rings. The number of hydrogen-bond donors (Lipinski definition) is 2. The maximum atomic E-state index is 12.9. The number of carbonyl (C=O) groups is 3. The summed E-state index contributed by atoms with van der Waals surface area (Å²) in [6.07, 6.45) is -0.685. The highest BCUT2D eigenvalue weighted by Crippen LogP contribution is 2.21. The number of carbonyl (C=O) groups excluding carboxylic acids is 3. The summed E-state index contributed by atoms with van der Waals surface area (Å²) < 4.78 is 10.7. The van der Waals surface area contributed by atoms with E-state index < -0.39 is 41.1 Å². The fraction of sp³-hybridized carbons (Fsp3) is 0.609. The lowest BCUT2D eigenvalue weighted by molar-refractivity contribution is -0.152. The van der Waals surface area contributed by atoms with Gasteiger partial charge in [0, 0.05) is 0 Å². The lowest BCUT2D eigenvalue weighted by Gasteiger charge is -2.32. The van der Waals surface area contributed by atoms with Crippen molar-refractivity contribution in [3.63, 3.8) is 0 Å². The molecule has 0 saturated heterocycles. The standard InChI is InChI=1S/C23H36N2O5/c1-15(2)17(24-21(28)30-23(6,7)8)19(26)25-18(22(3,4)5)20(27)29-14-16-12-10-9-11-13-16/h9-13,15,17-18H,14H2,1-8H3,(H,24,28)(H,25,26)/t17-,18+/m0/s1. The van der Waals surface area contributed by atoms with Gasteiger partial charge in [-0.15, -0.1) is 0 Å². The first kappa shape index (κ1) is 25.5. The Hall–Kier alpha value is -2.57. The van der Waals surface area contributed by atoms with Crippen LogP contribution in [0, 0.1) is 11.3 Å². The van der Waals surface area contributed by atoms with Gasteiger partial charge in [-0.3, -0.25) is 4.79 Å². The minimum absolute atomic E-state index is 0.117. The normalized spacial score (nSPS) is 13.9. The molecule has 30 heavy (non-hydrogen) atoms. The Labute approximate surface area is 179 Å². The second-order valence-corrected chi connectivity index (χ2v) is 9.77. The number of benzene rings is 1. The van der Waals surface area contributed by atoms with E-state index in [1.54, 1.807) is 34.6 Å². The van der Waals surface area contributed by atoms with Crippen molar-refractivity contribution in [2.75, 3.05) is 0 Å². The molecule has 0 bridgehead atoms. The van der Waals surface area contributed by atoms with E-state index in [1.165, 1.54) is 0 Å². The zero-order valence-electron chi connectivity index (χ0n) is 19.4. The van der Waals surface area contributed by atoms with E-state index >= 15 is 0 Å². The molecule has 1 aromatic carbocycles. The van der Waals surface area contributed by atoms with Crippen LogP contribution in [0.4, 0.5) is 4.79 Å². The van der Waals surface area contributed by atoms with Gasteiger partial charge in [0.2, 0.25) is 5.91 Å². The van der Waals surface area contributed by atoms with Crippen LogP contribution in [0.1, 0.15) is 61.0 Å². The second-order valence-electron chi connectivity index (χ2n) is 9.77. The first-order chi connectivity index (χ1) is 13.7. The zero-order chi connectivity index (χ0) is 23.1. The topological polar surface area (TPSA) is 93.7 Å². The van der Waals surface area contributed by atoms with Gasteiger partial charge in [0.05, 0.1) is 0 Å². The summed E-state index contributed by atoms with van der Waals surface area (Å²) in [7, 11) is 0. The minimum atomic E-state index is -0.879. The predicted molar refractivity (Wildman–Crippen MR) is 116 cm³/mol. The number of nitrogens with one attached hydrogen (secondary N) is 2. The molecule has 0 unspecified atom stereocenters. The van der Waals surface area contributed by atoms with Gasteiger partial charge in [-0.2, -0.15) is 0 Å². The predicted octanol–water partition coefficient (Wildman–Crippen LogP) is 3.81. The molecule has 2 amide bonds. The highest BCUT2D eigenvalue weighted by atomic mass is 16.6. The molecular formula is C23H36N2O5. The summed E-state index contributed by atoms with van der Waals surface area (Å²) in [4.78, 5) is 37.8. The van der Waals surface area contributed by atoms with Crippen molar-refractivity contribution in [1.29, 1.82) is 0 Å². The number of ether oxygens (including phenoxy) is 2. The molecule has 0 aliphatic rings. The van der Waals surface area contributed by atoms with Crippen LogP contribution in [-0.2, 0) is 25.7 Å². The molecule has 2 N–H and O–H groups in total. The van der Waals surface area contributed by atoms with Crippen LogP contribution in [0.5, 0.6) is 0 Å². The maximum absolute atomic E-state index is 12.9. The quantitative estimate of drug-likeness (QED) is 0.654. The Morgan fingerprint density at radius 3 is 1.97 bits per heavy atom. The van der Waals surface area contributed by atoms with Gasteiger partial charge < -0.3 is 20.1 Å². The molecule has 0 radical (unpaired) electrons. The molecule has 0 heterocycles. The molecule has 7 heteroatoms. The third-order valence-electron chi connectivity index (χ3n) is 4.23. The highest BCUT2D eigenvalue weighted by molar-refractivity contribution is 5.90. The van der Waals surface area contributed by atoms with Crippen LogP contribution in [0.3, 0.4) is 0 Å².